The molecule has 1 aromatic rings. The minimum atomic E-state index is -0.148. The summed E-state index contributed by atoms with van der Waals surface area (Å²) in [6, 6.07) is 5.33. The number of hydrogen-bond donors (Lipinski definition) is 2. The van der Waals surface area contributed by atoms with Gasteiger partial charge in [0, 0.05) is 30.5 Å². The first-order valence-electron chi connectivity index (χ1n) is 6.97. The van der Waals surface area contributed by atoms with Gasteiger partial charge in [-0.25, -0.2) is 4.39 Å². The maximum absolute atomic E-state index is 13.3. The average molecular weight is 265 g/mol. The number of benzene rings is 1. The zero-order chi connectivity index (χ0) is 14.1. The summed E-state index contributed by atoms with van der Waals surface area (Å²) in [5, 5.41) is 12.7. The number of aliphatic hydroxyl groups is 1. The van der Waals surface area contributed by atoms with E-state index < -0.39 is 0 Å². The number of hydrogen-bond acceptors (Lipinski definition) is 2. The highest BCUT2D eigenvalue weighted by Gasteiger charge is 2.41. The molecule has 0 saturated heterocycles. The fourth-order valence-corrected chi connectivity index (χ4v) is 2.38. The second kappa shape index (κ2) is 5.22. The molecule has 2 nitrogen and oxygen atoms in total. The van der Waals surface area contributed by atoms with Gasteiger partial charge in [0.15, 0.2) is 0 Å². The predicted molar refractivity (Wildman–Crippen MR) is 75.8 cm³/mol. The lowest BCUT2D eigenvalue weighted by Gasteiger charge is -2.27. The predicted octanol–water partition coefficient (Wildman–Crippen LogP) is 2.77. The van der Waals surface area contributed by atoms with E-state index in [0.29, 0.717) is 5.56 Å². The molecular formula is C16H24FNO. The van der Waals surface area contributed by atoms with E-state index in [9.17, 15) is 9.50 Å². The molecule has 0 radical (unpaired) electrons. The summed E-state index contributed by atoms with van der Waals surface area (Å²) in [6.07, 6.45) is 2.24. The highest BCUT2D eigenvalue weighted by Crippen LogP contribution is 2.44. The SMILES string of the molecule is Cc1cc(C(C)(C)CNCC2(CO)CC2)ccc1F. The van der Waals surface area contributed by atoms with Gasteiger partial charge in [0.2, 0.25) is 0 Å². The third-order valence-corrected chi connectivity index (χ3v) is 4.30. The number of rotatable bonds is 6. The molecule has 0 spiro atoms. The lowest BCUT2D eigenvalue weighted by molar-refractivity contribution is 0.205. The standard InChI is InChI=1S/C16H24FNO/c1-12-8-13(4-5-14(12)17)15(2,3)9-18-10-16(11-19)6-7-16/h4-5,8,18-19H,6-7,9-11H2,1-3H3. The lowest BCUT2D eigenvalue weighted by atomic mass is 9.83. The zero-order valence-corrected chi connectivity index (χ0v) is 12.1. The average Bonchev–Trinajstić information content (AvgIpc) is 3.13. The van der Waals surface area contributed by atoms with Gasteiger partial charge < -0.3 is 10.4 Å². The van der Waals surface area contributed by atoms with Crippen molar-refractivity contribution in [3.63, 3.8) is 0 Å². The molecule has 2 N–H and O–H groups in total. The van der Waals surface area contributed by atoms with Crippen LogP contribution in [0, 0.1) is 18.2 Å². The first kappa shape index (κ1) is 14.5. The number of aliphatic hydroxyl groups excluding tert-OH is 1. The maximum atomic E-state index is 13.3. The molecule has 0 bridgehead atoms. The van der Waals surface area contributed by atoms with Crippen LogP contribution in [0.1, 0.15) is 37.8 Å². The van der Waals surface area contributed by atoms with Crippen molar-refractivity contribution in [2.75, 3.05) is 19.7 Å². The molecule has 3 heteroatoms. The summed E-state index contributed by atoms with van der Waals surface area (Å²) in [6.45, 7) is 8.09. The second-order valence-electron chi connectivity index (χ2n) is 6.61. The topological polar surface area (TPSA) is 32.3 Å². The van der Waals surface area contributed by atoms with Crippen LogP contribution >= 0.6 is 0 Å². The fraction of sp³-hybridized carbons (Fsp3) is 0.625. The molecule has 0 aromatic heterocycles. The Hall–Kier alpha value is -0.930. The van der Waals surface area contributed by atoms with Crippen molar-refractivity contribution in [1.29, 1.82) is 0 Å². The molecule has 0 heterocycles. The number of nitrogens with one attached hydrogen (secondary N) is 1. The van der Waals surface area contributed by atoms with Crippen molar-refractivity contribution >= 4 is 0 Å². The van der Waals surface area contributed by atoms with Crippen LogP contribution in [-0.4, -0.2) is 24.8 Å². The normalized spacial score (nSPS) is 17.5. The van der Waals surface area contributed by atoms with Crippen molar-refractivity contribution in [1.82, 2.24) is 5.32 Å². The Morgan fingerprint density at radius 1 is 1.37 bits per heavy atom. The van der Waals surface area contributed by atoms with Crippen LogP contribution in [0.3, 0.4) is 0 Å². The number of aryl methyl sites for hydroxylation is 1. The van der Waals surface area contributed by atoms with Crippen molar-refractivity contribution in [2.24, 2.45) is 5.41 Å². The molecule has 0 amide bonds. The molecule has 106 valence electrons. The van der Waals surface area contributed by atoms with Crippen molar-refractivity contribution < 1.29 is 9.50 Å². The van der Waals surface area contributed by atoms with Gasteiger partial charge in [-0.05, 0) is 37.0 Å². The summed E-state index contributed by atoms with van der Waals surface area (Å²) >= 11 is 0. The van der Waals surface area contributed by atoms with Crippen LogP contribution in [0.5, 0.6) is 0 Å². The van der Waals surface area contributed by atoms with Gasteiger partial charge in [-0.1, -0.05) is 26.0 Å². The Morgan fingerprint density at radius 3 is 2.58 bits per heavy atom. The summed E-state index contributed by atoms with van der Waals surface area (Å²) in [4.78, 5) is 0. The Morgan fingerprint density at radius 2 is 2.05 bits per heavy atom. The summed E-state index contributed by atoms with van der Waals surface area (Å²) < 4.78 is 13.3. The second-order valence-corrected chi connectivity index (χ2v) is 6.61. The monoisotopic (exact) mass is 265 g/mol. The van der Waals surface area contributed by atoms with Crippen molar-refractivity contribution in [3.8, 4) is 0 Å². The van der Waals surface area contributed by atoms with Crippen LogP contribution in [0.15, 0.2) is 18.2 Å². The van der Waals surface area contributed by atoms with Crippen molar-refractivity contribution in [3.05, 3.63) is 35.1 Å². The summed E-state index contributed by atoms with van der Waals surface area (Å²) in [5.41, 5.74) is 1.94. The van der Waals surface area contributed by atoms with Crippen molar-refractivity contribution in [2.45, 2.75) is 39.0 Å². The van der Waals surface area contributed by atoms with Crippen LogP contribution in [0.2, 0.25) is 0 Å². The Balaban J connectivity index is 1.95. The van der Waals surface area contributed by atoms with E-state index in [1.807, 2.05) is 12.1 Å². The molecule has 1 saturated carbocycles. The molecular weight excluding hydrogens is 241 g/mol. The van der Waals surface area contributed by atoms with E-state index in [0.717, 1.165) is 31.5 Å². The molecule has 1 aromatic carbocycles. The van der Waals surface area contributed by atoms with Gasteiger partial charge in [0.05, 0.1) is 0 Å². The van der Waals surface area contributed by atoms with Gasteiger partial charge >= 0.3 is 0 Å². The number of halogens is 1. The molecule has 2 rings (SSSR count). The fourth-order valence-electron chi connectivity index (χ4n) is 2.38. The Labute approximate surface area is 115 Å². The molecule has 1 aliphatic rings. The van der Waals surface area contributed by atoms with Gasteiger partial charge in [-0.2, -0.15) is 0 Å². The van der Waals surface area contributed by atoms with E-state index in [1.54, 1.807) is 13.0 Å². The van der Waals surface area contributed by atoms with E-state index in [-0.39, 0.29) is 23.3 Å². The van der Waals surface area contributed by atoms with Gasteiger partial charge in [-0.15, -0.1) is 0 Å². The van der Waals surface area contributed by atoms with Crippen LogP contribution in [0.4, 0.5) is 4.39 Å². The van der Waals surface area contributed by atoms with Crippen LogP contribution in [-0.2, 0) is 5.41 Å². The summed E-state index contributed by atoms with van der Waals surface area (Å²) in [5.74, 6) is -0.148. The van der Waals surface area contributed by atoms with Gasteiger partial charge in [0.25, 0.3) is 0 Å². The lowest BCUT2D eigenvalue weighted by Crippen LogP contribution is -2.37. The zero-order valence-electron chi connectivity index (χ0n) is 12.1. The van der Waals surface area contributed by atoms with E-state index in [1.165, 1.54) is 0 Å². The van der Waals surface area contributed by atoms with E-state index >= 15 is 0 Å². The minimum absolute atomic E-state index is 0.0377. The molecule has 19 heavy (non-hydrogen) atoms. The molecule has 0 unspecified atom stereocenters. The van der Waals surface area contributed by atoms with Gasteiger partial charge in [-0.3, -0.25) is 0 Å². The third-order valence-electron chi connectivity index (χ3n) is 4.30. The summed E-state index contributed by atoms with van der Waals surface area (Å²) in [7, 11) is 0. The first-order chi connectivity index (χ1) is 8.88. The minimum Gasteiger partial charge on any atom is -0.396 e. The van der Waals surface area contributed by atoms with E-state index in [2.05, 4.69) is 19.2 Å². The highest BCUT2D eigenvalue weighted by molar-refractivity contribution is 5.30. The Kier molecular flexibility index (Phi) is 3.98. The maximum Gasteiger partial charge on any atom is 0.126 e. The molecule has 1 aliphatic carbocycles. The van der Waals surface area contributed by atoms with Gasteiger partial charge in [0.1, 0.15) is 5.82 Å². The third kappa shape index (κ3) is 3.34. The largest absolute Gasteiger partial charge is 0.396 e. The molecule has 0 atom stereocenters. The molecule has 0 aliphatic heterocycles. The van der Waals surface area contributed by atoms with E-state index in [4.69, 9.17) is 0 Å². The van der Waals surface area contributed by atoms with Crippen LogP contribution < -0.4 is 5.32 Å². The smallest absolute Gasteiger partial charge is 0.126 e. The quantitative estimate of drug-likeness (QED) is 0.829. The van der Waals surface area contributed by atoms with Crippen LogP contribution in [0.25, 0.3) is 0 Å². The Bertz CT molecular complexity index is 452. The first-order valence-corrected chi connectivity index (χ1v) is 6.97. The highest BCUT2D eigenvalue weighted by atomic mass is 19.1. The molecule has 1 fully saturated rings.